The van der Waals surface area contributed by atoms with Crippen molar-refractivity contribution in [1.29, 1.82) is 0 Å². The van der Waals surface area contributed by atoms with Crippen LogP contribution in [0, 0.1) is 5.92 Å². The Morgan fingerprint density at radius 3 is 1.79 bits per heavy atom. The van der Waals surface area contributed by atoms with Crippen LogP contribution in [0.5, 0.6) is 0 Å². The summed E-state index contributed by atoms with van der Waals surface area (Å²) in [6.45, 7) is 4.40. The molecule has 0 aliphatic rings. The second kappa shape index (κ2) is 13.9. The van der Waals surface area contributed by atoms with Crippen molar-refractivity contribution in [3.63, 3.8) is 0 Å². The predicted octanol–water partition coefficient (Wildman–Crippen LogP) is 5.80. The van der Waals surface area contributed by atoms with Gasteiger partial charge in [0, 0.05) is 6.42 Å². The van der Waals surface area contributed by atoms with E-state index in [1.165, 1.54) is 57.8 Å². The maximum atomic E-state index is 10.7. The van der Waals surface area contributed by atoms with E-state index in [4.69, 9.17) is 5.11 Å². The van der Waals surface area contributed by atoms with E-state index < -0.39 is 5.97 Å². The Hall–Kier alpha value is -0.530. The van der Waals surface area contributed by atoms with E-state index in [2.05, 4.69) is 13.8 Å². The molecule has 0 aromatic rings. The van der Waals surface area contributed by atoms with Crippen molar-refractivity contribution in [3.8, 4) is 0 Å². The molecule has 0 amide bonds. The van der Waals surface area contributed by atoms with Crippen molar-refractivity contribution >= 4 is 5.97 Å². The highest BCUT2D eigenvalue weighted by Gasteiger charge is 2.11. The minimum atomic E-state index is -0.630. The van der Waals surface area contributed by atoms with Crippen LogP contribution in [-0.2, 0) is 4.79 Å². The summed E-state index contributed by atoms with van der Waals surface area (Å²) in [6, 6.07) is 0. The summed E-state index contributed by atoms with van der Waals surface area (Å²) in [4.78, 5) is 10.7. The maximum absolute atomic E-state index is 10.7. The molecule has 0 bridgehead atoms. The van der Waals surface area contributed by atoms with E-state index in [9.17, 15) is 4.79 Å². The van der Waals surface area contributed by atoms with Gasteiger partial charge >= 0.3 is 5.97 Å². The van der Waals surface area contributed by atoms with Gasteiger partial charge in [0.1, 0.15) is 0 Å². The number of carboxylic acid groups (broad SMARTS) is 1. The highest BCUT2D eigenvalue weighted by atomic mass is 16.4. The van der Waals surface area contributed by atoms with Crippen LogP contribution in [0.2, 0.25) is 0 Å². The Morgan fingerprint density at radius 2 is 1.32 bits per heavy atom. The monoisotopic (exact) mass is 270 g/mol. The van der Waals surface area contributed by atoms with Crippen molar-refractivity contribution in [2.45, 2.75) is 97.3 Å². The van der Waals surface area contributed by atoms with Crippen LogP contribution in [0.4, 0.5) is 0 Å². The zero-order valence-corrected chi connectivity index (χ0v) is 13.1. The van der Waals surface area contributed by atoms with Crippen LogP contribution in [-0.4, -0.2) is 11.1 Å². The topological polar surface area (TPSA) is 37.3 Å². The largest absolute Gasteiger partial charge is 0.481 e. The van der Waals surface area contributed by atoms with Crippen LogP contribution in [0.1, 0.15) is 97.3 Å². The van der Waals surface area contributed by atoms with Crippen molar-refractivity contribution in [3.05, 3.63) is 0 Å². The number of rotatable bonds is 14. The molecule has 0 aromatic carbocycles. The van der Waals surface area contributed by atoms with Crippen molar-refractivity contribution in [1.82, 2.24) is 0 Å². The molecule has 0 fully saturated rings. The smallest absolute Gasteiger partial charge is 0.303 e. The highest BCUT2D eigenvalue weighted by molar-refractivity contribution is 5.66. The zero-order chi connectivity index (χ0) is 14.3. The lowest BCUT2D eigenvalue weighted by molar-refractivity contribution is -0.138. The Balaban J connectivity index is 3.36. The van der Waals surface area contributed by atoms with Gasteiger partial charge in [0.15, 0.2) is 0 Å². The van der Waals surface area contributed by atoms with Crippen LogP contribution >= 0.6 is 0 Å². The summed E-state index contributed by atoms with van der Waals surface area (Å²) in [6.07, 6.45) is 15.7. The summed E-state index contributed by atoms with van der Waals surface area (Å²) < 4.78 is 0. The molecule has 114 valence electrons. The van der Waals surface area contributed by atoms with Gasteiger partial charge < -0.3 is 5.11 Å². The zero-order valence-electron chi connectivity index (χ0n) is 13.1. The van der Waals surface area contributed by atoms with Gasteiger partial charge in [-0.05, 0) is 12.3 Å². The third kappa shape index (κ3) is 13.7. The van der Waals surface area contributed by atoms with E-state index in [0.717, 1.165) is 19.3 Å². The Kier molecular flexibility index (Phi) is 13.5. The first-order valence-corrected chi connectivity index (χ1v) is 8.42. The lowest BCUT2D eigenvalue weighted by Gasteiger charge is -2.13. The van der Waals surface area contributed by atoms with Crippen molar-refractivity contribution in [2.75, 3.05) is 0 Å². The first-order valence-electron chi connectivity index (χ1n) is 8.42. The summed E-state index contributed by atoms with van der Waals surface area (Å²) in [7, 11) is 0. The van der Waals surface area contributed by atoms with E-state index in [1.54, 1.807) is 0 Å². The number of hydrogen-bond acceptors (Lipinski definition) is 1. The molecule has 0 saturated heterocycles. The number of hydrogen-bond donors (Lipinski definition) is 1. The van der Waals surface area contributed by atoms with Crippen molar-refractivity contribution in [2.24, 2.45) is 5.92 Å². The summed E-state index contributed by atoms with van der Waals surface area (Å²) in [5.74, 6) is -0.221. The third-order valence-electron chi connectivity index (χ3n) is 3.88. The molecule has 1 unspecified atom stereocenters. The van der Waals surface area contributed by atoms with Gasteiger partial charge in [-0.1, -0.05) is 84.5 Å². The van der Waals surface area contributed by atoms with E-state index in [1.807, 2.05) is 0 Å². The first-order chi connectivity index (χ1) is 9.20. The molecule has 2 nitrogen and oxygen atoms in total. The molecule has 0 saturated carbocycles. The molecule has 0 aliphatic heterocycles. The minimum Gasteiger partial charge on any atom is -0.481 e. The normalized spacial score (nSPS) is 12.5. The molecule has 1 atom stereocenters. The molecule has 0 aliphatic carbocycles. The standard InChI is InChI=1S/C17H34O2/c1-3-5-6-7-8-9-10-11-12-14-16(13-4-2)15-17(18)19/h16H,3-15H2,1-2H3,(H,18,19). The average Bonchev–Trinajstić information content (AvgIpc) is 2.36. The highest BCUT2D eigenvalue weighted by Crippen LogP contribution is 2.20. The molecule has 0 aromatic heterocycles. The molecule has 1 N–H and O–H groups in total. The van der Waals surface area contributed by atoms with Gasteiger partial charge in [-0.2, -0.15) is 0 Å². The number of aliphatic carboxylic acids is 1. The molecule has 0 spiro atoms. The minimum absolute atomic E-state index is 0.366. The second-order valence-corrected chi connectivity index (χ2v) is 5.87. The van der Waals surface area contributed by atoms with Crippen LogP contribution in [0.15, 0.2) is 0 Å². The number of unbranched alkanes of at least 4 members (excludes halogenated alkanes) is 8. The summed E-state index contributed by atoms with van der Waals surface area (Å²) >= 11 is 0. The lowest BCUT2D eigenvalue weighted by atomic mass is 9.93. The molecule has 0 rings (SSSR count). The molecule has 0 radical (unpaired) electrons. The van der Waals surface area contributed by atoms with Crippen LogP contribution in [0.25, 0.3) is 0 Å². The van der Waals surface area contributed by atoms with Gasteiger partial charge in [-0.15, -0.1) is 0 Å². The second-order valence-electron chi connectivity index (χ2n) is 5.87. The van der Waals surface area contributed by atoms with E-state index in [0.29, 0.717) is 12.3 Å². The number of carboxylic acids is 1. The summed E-state index contributed by atoms with van der Waals surface area (Å²) in [5.41, 5.74) is 0. The third-order valence-corrected chi connectivity index (χ3v) is 3.88. The quantitative estimate of drug-likeness (QED) is 0.405. The molecule has 0 heterocycles. The van der Waals surface area contributed by atoms with Gasteiger partial charge in [0.05, 0.1) is 0 Å². The average molecular weight is 270 g/mol. The number of carbonyl (C=O) groups is 1. The molecule has 19 heavy (non-hydrogen) atoms. The van der Waals surface area contributed by atoms with Gasteiger partial charge in [-0.3, -0.25) is 4.79 Å². The molecular weight excluding hydrogens is 236 g/mol. The lowest BCUT2D eigenvalue weighted by Crippen LogP contribution is -2.07. The fraction of sp³-hybridized carbons (Fsp3) is 0.941. The Morgan fingerprint density at radius 1 is 0.789 bits per heavy atom. The van der Waals surface area contributed by atoms with Crippen LogP contribution < -0.4 is 0 Å². The maximum Gasteiger partial charge on any atom is 0.303 e. The van der Waals surface area contributed by atoms with Gasteiger partial charge in [0.2, 0.25) is 0 Å². The van der Waals surface area contributed by atoms with Crippen molar-refractivity contribution < 1.29 is 9.90 Å². The Labute approximate surface area is 120 Å². The van der Waals surface area contributed by atoms with E-state index >= 15 is 0 Å². The fourth-order valence-electron chi connectivity index (χ4n) is 2.75. The molecular formula is C17H34O2. The predicted molar refractivity (Wildman–Crippen MR) is 82.5 cm³/mol. The first kappa shape index (κ1) is 18.5. The van der Waals surface area contributed by atoms with Gasteiger partial charge in [-0.25, -0.2) is 0 Å². The van der Waals surface area contributed by atoms with Crippen LogP contribution in [0.3, 0.4) is 0 Å². The SMILES string of the molecule is CCCCCCCCCCCC(CCC)CC(=O)O. The molecule has 2 heteroatoms. The van der Waals surface area contributed by atoms with Gasteiger partial charge in [0.25, 0.3) is 0 Å². The fourth-order valence-corrected chi connectivity index (χ4v) is 2.75. The summed E-state index contributed by atoms with van der Waals surface area (Å²) in [5, 5.41) is 8.85. The Bertz CT molecular complexity index is 201. The van der Waals surface area contributed by atoms with E-state index in [-0.39, 0.29) is 0 Å².